The van der Waals surface area contributed by atoms with E-state index in [0.717, 1.165) is 17.0 Å². The van der Waals surface area contributed by atoms with Crippen LogP contribution in [0.3, 0.4) is 0 Å². The van der Waals surface area contributed by atoms with E-state index in [1.165, 1.54) is 0 Å². The first-order valence-corrected chi connectivity index (χ1v) is 11.7. The first kappa shape index (κ1) is 24.0. The predicted octanol–water partition coefficient (Wildman–Crippen LogP) is 4.46. The van der Waals surface area contributed by atoms with E-state index in [-0.39, 0.29) is 29.7 Å². The molecule has 9 nitrogen and oxygen atoms in total. The average molecular weight is 493 g/mol. The van der Waals surface area contributed by atoms with Crippen LogP contribution in [0.5, 0.6) is 5.75 Å². The molecule has 0 unspecified atom stereocenters. The van der Waals surface area contributed by atoms with Crippen LogP contribution < -0.4 is 15.4 Å². The molecule has 0 fully saturated rings. The second kappa shape index (κ2) is 10.4. The molecule has 1 aromatic carbocycles. The van der Waals surface area contributed by atoms with Crippen molar-refractivity contribution in [3.05, 3.63) is 76.6 Å². The summed E-state index contributed by atoms with van der Waals surface area (Å²) in [6, 6.07) is 12.5. The van der Waals surface area contributed by atoms with Crippen molar-refractivity contribution in [3.8, 4) is 5.75 Å². The number of imidazole rings is 1. The van der Waals surface area contributed by atoms with Crippen molar-refractivity contribution in [1.29, 1.82) is 0 Å². The van der Waals surface area contributed by atoms with Gasteiger partial charge in [-0.25, -0.2) is 9.78 Å². The Morgan fingerprint density at radius 2 is 1.83 bits per heavy atom. The molecule has 0 atom stereocenters. The van der Waals surface area contributed by atoms with Gasteiger partial charge in [0.05, 0.1) is 22.7 Å². The Kier molecular flexibility index (Phi) is 7.11. The normalized spacial score (nSPS) is 10.7. The minimum absolute atomic E-state index is 0.148. The van der Waals surface area contributed by atoms with Crippen LogP contribution in [0.2, 0.25) is 0 Å². The zero-order chi connectivity index (χ0) is 24.9. The minimum atomic E-state index is -0.617. The van der Waals surface area contributed by atoms with Gasteiger partial charge in [0.1, 0.15) is 5.00 Å². The van der Waals surface area contributed by atoms with Crippen molar-refractivity contribution < 1.29 is 23.9 Å². The fraction of sp³-hybridized carbons (Fsp3) is 0.200. The number of para-hydroxylation sites is 1. The summed E-state index contributed by atoms with van der Waals surface area (Å²) in [5.74, 6) is -1.04. The van der Waals surface area contributed by atoms with Gasteiger partial charge >= 0.3 is 5.97 Å². The monoisotopic (exact) mass is 492 g/mol. The molecule has 0 saturated heterocycles. The Bertz CT molecular complexity index is 1390. The molecule has 4 aromatic rings. The molecule has 180 valence electrons. The van der Waals surface area contributed by atoms with Gasteiger partial charge in [-0.1, -0.05) is 18.2 Å². The van der Waals surface area contributed by atoms with E-state index in [0.29, 0.717) is 27.5 Å². The minimum Gasteiger partial charge on any atom is -0.480 e. The van der Waals surface area contributed by atoms with Crippen LogP contribution in [-0.4, -0.2) is 40.4 Å². The molecule has 0 saturated carbocycles. The van der Waals surface area contributed by atoms with Gasteiger partial charge in [-0.3, -0.25) is 9.59 Å². The Balaban J connectivity index is 1.54. The van der Waals surface area contributed by atoms with Crippen LogP contribution in [0.4, 0.5) is 10.7 Å². The molecule has 3 heterocycles. The molecule has 0 aliphatic rings. The lowest BCUT2D eigenvalue weighted by Gasteiger charge is -2.09. The predicted molar refractivity (Wildman–Crippen MR) is 133 cm³/mol. The Hall–Kier alpha value is -4.18. The maximum Gasteiger partial charge on any atom is 0.341 e. The second-order valence-corrected chi connectivity index (χ2v) is 8.64. The molecule has 35 heavy (non-hydrogen) atoms. The summed E-state index contributed by atoms with van der Waals surface area (Å²) < 4.78 is 12.7. The number of pyridine rings is 1. The molecule has 2 amide bonds. The molecule has 0 aliphatic carbocycles. The zero-order valence-corrected chi connectivity index (χ0v) is 20.3. The highest BCUT2D eigenvalue weighted by Gasteiger charge is 2.27. The van der Waals surface area contributed by atoms with Gasteiger partial charge in [0, 0.05) is 18.1 Å². The van der Waals surface area contributed by atoms with E-state index in [1.807, 2.05) is 29.8 Å². The highest BCUT2D eigenvalue weighted by atomic mass is 32.1. The number of benzene rings is 1. The number of aryl methyl sites for hydroxylation is 1. The van der Waals surface area contributed by atoms with E-state index in [9.17, 15) is 14.4 Å². The fourth-order valence-electron chi connectivity index (χ4n) is 3.50. The van der Waals surface area contributed by atoms with Crippen LogP contribution >= 0.6 is 11.3 Å². The molecule has 10 heteroatoms. The number of ether oxygens (including phenoxy) is 2. The summed E-state index contributed by atoms with van der Waals surface area (Å²) in [5.41, 5.74) is 2.60. The second-order valence-electron chi connectivity index (χ2n) is 7.62. The van der Waals surface area contributed by atoms with Crippen LogP contribution in [0, 0.1) is 13.8 Å². The third-order valence-electron chi connectivity index (χ3n) is 5.04. The van der Waals surface area contributed by atoms with E-state index >= 15 is 0 Å². The molecule has 0 radical (unpaired) electrons. The zero-order valence-electron chi connectivity index (χ0n) is 19.5. The van der Waals surface area contributed by atoms with E-state index in [2.05, 4.69) is 15.6 Å². The number of rotatable bonds is 8. The van der Waals surface area contributed by atoms with Gasteiger partial charge in [0.15, 0.2) is 18.0 Å². The lowest BCUT2D eigenvalue weighted by molar-refractivity contribution is -0.118. The Labute approximate surface area is 205 Å². The van der Waals surface area contributed by atoms with Crippen LogP contribution in [0.1, 0.15) is 38.2 Å². The topological polar surface area (TPSA) is 111 Å². The molecule has 4 rings (SSSR count). The van der Waals surface area contributed by atoms with Crippen molar-refractivity contribution in [2.24, 2.45) is 0 Å². The molecule has 0 aliphatic heterocycles. The van der Waals surface area contributed by atoms with E-state index < -0.39 is 11.9 Å². The van der Waals surface area contributed by atoms with Crippen molar-refractivity contribution in [2.75, 3.05) is 23.8 Å². The maximum atomic E-state index is 12.9. The molecule has 0 bridgehead atoms. The summed E-state index contributed by atoms with van der Waals surface area (Å²) in [4.78, 5) is 43.0. The number of nitrogens with zero attached hydrogens (tertiary/aromatic N) is 2. The lowest BCUT2D eigenvalue weighted by atomic mass is 10.1. The summed E-state index contributed by atoms with van der Waals surface area (Å²) in [6.45, 7) is 5.05. The number of carbonyl (C=O) groups excluding carboxylic acids is 3. The molecule has 2 N–H and O–H groups in total. The number of anilines is 2. The number of hydrogen-bond donors (Lipinski definition) is 2. The SMILES string of the molecule is CCOC(=O)c1c(NC(=O)COc2cccn3cc(C)nc23)sc(C(=O)Nc2ccccc2)c1C. The largest absolute Gasteiger partial charge is 0.480 e. The van der Waals surface area contributed by atoms with Crippen LogP contribution in [0.25, 0.3) is 5.65 Å². The smallest absolute Gasteiger partial charge is 0.341 e. The number of thiophene rings is 1. The Morgan fingerprint density at radius 3 is 2.57 bits per heavy atom. The summed E-state index contributed by atoms with van der Waals surface area (Å²) in [6.07, 6.45) is 3.69. The van der Waals surface area contributed by atoms with Crippen molar-refractivity contribution in [1.82, 2.24) is 9.38 Å². The van der Waals surface area contributed by atoms with Crippen molar-refractivity contribution in [3.63, 3.8) is 0 Å². The fourth-order valence-corrected chi connectivity index (χ4v) is 4.61. The first-order chi connectivity index (χ1) is 16.9. The number of nitrogens with one attached hydrogen (secondary N) is 2. The third-order valence-corrected chi connectivity index (χ3v) is 6.25. The number of fused-ring (bicyclic) bond motifs is 1. The van der Waals surface area contributed by atoms with Gasteiger partial charge in [-0.15, -0.1) is 11.3 Å². The third kappa shape index (κ3) is 5.33. The maximum absolute atomic E-state index is 12.9. The molecular formula is C25H24N4O5S. The molecular weight excluding hydrogens is 468 g/mol. The quantitative estimate of drug-likeness (QED) is 0.352. The molecule has 3 aromatic heterocycles. The van der Waals surface area contributed by atoms with Crippen molar-refractivity contribution in [2.45, 2.75) is 20.8 Å². The van der Waals surface area contributed by atoms with Gasteiger partial charge < -0.3 is 24.5 Å². The highest BCUT2D eigenvalue weighted by molar-refractivity contribution is 7.19. The van der Waals surface area contributed by atoms with Crippen molar-refractivity contribution >= 4 is 45.5 Å². The van der Waals surface area contributed by atoms with Gasteiger partial charge in [-0.05, 0) is 50.6 Å². The standard InChI is InChI=1S/C25H24N4O5S/c1-4-33-25(32)20-16(3)21(23(31)27-17-9-6-5-7-10-17)35-24(20)28-19(30)14-34-18-11-8-12-29-13-15(2)26-22(18)29/h5-13H,4,14H2,1-3H3,(H,27,31)(H,28,30). The summed E-state index contributed by atoms with van der Waals surface area (Å²) >= 11 is 1.01. The van der Waals surface area contributed by atoms with Crippen LogP contribution in [0.15, 0.2) is 54.9 Å². The van der Waals surface area contributed by atoms with Gasteiger partial charge in [-0.2, -0.15) is 0 Å². The highest BCUT2D eigenvalue weighted by Crippen LogP contribution is 2.34. The van der Waals surface area contributed by atoms with Gasteiger partial charge in [0.25, 0.3) is 11.8 Å². The number of esters is 1. The van der Waals surface area contributed by atoms with Crippen LogP contribution in [-0.2, 0) is 9.53 Å². The number of carbonyl (C=O) groups is 3. The average Bonchev–Trinajstić information content (AvgIpc) is 3.37. The molecule has 0 spiro atoms. The summed E-state index contributed by atoms with van der Waals surface area (Å²) in [5, 5.41) is 5.73. The summed E-state index contributed by atoms with van der Waals surface area (Å²) in [7, 11) is 0. The van der Waals surface area contributed by atoms with Gasteiger partial charge in [0.2, 0.25) is 0 Å². The van der Waals surface area contributed by atoms with E-state index in [4.69, 9.17) is 9.47 Å². The van der Waals surface area contributed by atoms with E-state index in [1.54, 1.807) is 50.2 Å². The number of aromatic nitrogens is 2. The number of amides is 2. The lowest BCUT2D eigenvalue weighted by Crippen LogP contribution is -2.21. The first-order valence-electron chi connectivity index (χ1n) is 10.9. The number of hydrogen-bond acceptors (Lipinski definition) is 7. The Morgan fingerprint density at radius 1 is 1.06 bits per heavy atom.